The van der Waals surface area contributed by atoms with Crippen molar-refractivity contribution in [1.82, 2.24) is 29.6 Å². The number of nitrogens with one attached hydrogen (secondary N) is 2. The first-order chi connectivity index (χ1) is 19.7. The molecule has 212 valence electrons. The predicted molar refractivity (Wildman–Crippen MR) is 153 cm³/mol. The number of benzene rings is 1. The number of anilines is 1. The molecule has 41 heavy (non-hydrogen) atoms. The molecule has 0 saturated heterocycles. The van der Waals surface area contributed by atoms with Gasteiger partial charge >= 0.3 is 0 Å². The second kappa shape index (κ2) is 11.2. The van der Waals surface area contributed by atoms with Gasteiger partial charge in [-0.2, -0.15) is 5.10 Å². The molecule has 1 atom stereocenters. The summed E-state index contributed by atoms with van der Waals surface area (Å²) < 4.78 is 9.69. The topological polar surface area (TPSA) is 159 Å². The number of hydrogen-bond donors (Lipinski definition) is 3. The van der Waals surface area contributed by atoms with Crippen LogP contribution in [0, 0.1) is 6.92 Å². The maximum Gasteiger partial charge on any atom is 0.276 e. The van der Waals surface area contributed by atoms with E-state index >= 15 is 0 Å². The highest BCUT2D eigenvalue weighted by molar-refractivity contribution is 6.04. The summed E-state index contributed by atoms with van der Waals surface area (Å²) in [5.74, 6) is -0.385. The third-order valence-corrected chi connectivity index (χ3v) is 7.02. The largest absolute Gasteiger partial charge is 0.489 e. The van der Waals surface area contributed by atoms with E-state index in [-0.39, 0.29) is 24.0 Å². The van der Waals surface area contributed by atoms with Crippen molar-refractivity contribution in [3.63, 3.8) is 0 Å². The molecule has 1 aromatic carbocycles. The van der Waals surface area contributed by atoms with E-state index in [1.165, 1.54) is 6.08 Å². The third-order valence-electron chi connectivity index (χ3n) is 7.02. The maximum atomic E-state index is 13.4. The highest BCUT2D eigenvalue weighted by Gasteiger charge is 2.37. The number of amides is 3. The van der Waals surface area contributed by atoms with Gasteiger partial charge in [-0.15, -0.1) is 0 Å². The molecule has 12 heteroatoms. The standard InChI is InChI=1S/C29H32N8O4/c1-4-36-22(14-18(2)35-36)27(40)34-28-33-21-15-19(26(30)39)16-23-25(21)37(28)29(3,17-41-23)11-7-13-32-24(38)10-9-20-8-5-6-12-31-20/h5-6,8-10,12,14-16H,4,7,11,13,17H2,1-3H3,(H2,30,39)(H,32,38)(H,33,34,40)/b10-9+/t29-/m0/s1. The van der Waals surface area contributed by atoms with E-state index in [0.29, 0.717) is 60.1 Å². The summed E-state index contributed by atoms with van der Waals surface area (Å²) in [6, 6.07) is 10.4. The Morgan fingerprint density at radius 1 is 1.22 bits per heavy atom. The van der Waals surface area contributed by atoms with Crippen LogP contribution in [-0.4, -0.2) is 55.2 Å². The zero-order valence-corrected chi connectivity index (χ0v) is 23.2. The van der Waals surface area contributed by atoms with Gasteiger partial charge in [0.2, 0.25) is 17.8 Å². The fourth-order valence-corrected chi connectivity index (χ4v) is 5.03. The van der Waals surface area contributed by atoms with Crippen molar-refractivity contribution >= 4 is 40.8 Å². The van der Waals surface area contributed by atoms with Gasteiger partial charge in [-0.1, -0.05) is 6.07 Å². The lowest BCUT2D eigenvalue weighted by atomic mass is 9.94. The van der Waals surface area contributed by atoms with Crippen LogP contribution in [0.4, 0.5) is 5.95 Å². The number of carbonyl (C=O) groups excluding carboxylic acids is 3. The first-order valence-corrected chi connectivity index (χ1v) is 13.4. The van der Waals surface area contributed by atoms with Crippen LogP contribution >= 0.6 is 0 Å². The smallest absolute Gasteiger partial charge is 0.276 e. The number of aryl methyl sites for hydroxylation is 2. The van der Waals surface area contributed by atoms with Crippen molar-refractivity contribution < 1.29 is 19.1 Å². The fourth-order valence-electron chi connectivity index (χ4n) is 5.03. The molecular weight excluding hydrogens is 524 g/mol. The van der Waals surface area contributed by atoms with Gasteiger partial charge in [-0.25, -0.2) is 4.98 Å². The molecule has 0 radical (unpaired) electrons. The number of primary amides is 1. The number of rotatable bonds is 10. The monoisotopic (exact) mass is 556 g/mol. The molecule has 1 aliphatic heterocycles. The minimum absolute atomic E-state index is 0.217. The fraction of sp³-hybridized carbons (Fsp3) is 0.310. The van der Waals surface area contributed by atoms with Crippen LogP contribution in [0.15, 0.2) is 48.7 Å². The van der Waals surface area contributed by atoms with Crippen LogP contribution in [0.2, 0.25) is 0 Å². The SMILES string of the molecule is CCn1nc(C)cc1C(=O)Nc1nc2cc(C(N)=O)cc3c2n1[C@@](C)(CCCNC(=O)/C=C/c1ccccn1)CO3. The summed E-state index contributed by atoms with van der Waals surface area (Å²) in [4.78, 5) is 46.5. The number of aromatic nitrogens is 5. The van der Waals surface area contributed by atoms with E-state index < -0.39 is 11.4 Å². The average Bonchev–Trinajstić information content (AvgIpc) is 3.53. The number of ether oxygens (including phenoxy) is 1. The van der Waals surface area contributed by atoms with Gasteiger partial charge in [0.25, 0.3) is 5.91 Å². The Morgan fingerprint density at radius 2 is 2.05 bits per heavy atom. The summed E-state index contributed by atoms with van der Waals surface area (Å²) in [5, 5.41) is 10.2. The maximum absolute atomic E-state index is 13.4. The molecule has 5 rings (SSSR count). The number of carbonyl (C=O) groups is 3. The van der Waals surface area contributed by atoms with Gasteiger partial charge in [-0.3, -0.25) is 33.9 Å². The predicted octanol–water partition coefficient (Wildman–Crippen LogP) is 3.02. The first-order valence-electron chi connectivity index (χ1n) is 13.4. The van der Waals surface area contributed by atoms with Gasteiger partial charge in [0.15, 0.2) is 0 Å². The molecule has 4 heterocycles. The number of pyridine rings is 1. The lowest BCUT2D eigenvalue weighted by Gasteiger charge is -2.37. The van der Waals surface area contributed by atoms with Crippen molar-refractivity contribution in [2.24, 2.45) is 5.73 Å². The third kappa shape index (κ3) is 5.67. The highest BCUT2D eigenvalue weighted by Crippen LogP contribution is 2.41. The molecule has 0 aliphatic carbocycles. The lowest BCUT2D eigenvalue weighted by molar-refractivity contribution is -0.116. The molecule has 4 aromatic rings. The zero-order chi connectivity index (χ0) is 29.1. The molecule has 3 amide bonds. The number of imidazole rings is 1. The van der Waals surface area contributed by atoms with E-state index in [4.69, 9.17) is 10.5 Å². The molecule has 0 spiro atoms. The Bertz CT molecular complexity index is 1660. The summed E-state index contributed by atoms with van der Waals surface area (Å²) in [6.45, 7) is 6.98. The van der Waals surface area contributed by atoms with Crippen LogP contribution in [0.1, 0.15) is 58.9 Å². The van der Waals surface area contributed by atoms with Crippen molar-refractivity contribution in [3.8, 4) is 5.75 Å². The second-order valence-electron chi connectivity index (χ2n) is 10.2. The lowest BCUT2D eigenvalue weighted by Crippen LogP contribution is -2.41. The van der Waals surface area contributed by atoms with Crippen molar-refractivity contribution in [2.45, 2.75) is 45.7 Å². The molecule has 0 fully saturated rings. The summed E-state index contributed by atoms with van der Waals surface area (Å²) >= 11 is 0. The molecule has 1 aliphatic rings. The average molecular weight is 557 g/mol. The zero-order valence-electron chi connectivity index (χ0n) is 23.2. The van der Waals surface area contributed by atoms with E-state index in [0.717, 1.165) is 5.69 Å². The van der Waals surface area contributed by atoms with E-state index in [1.807, 2.05) is 43.5 Å². The molecule has 0 bridgehead atoms. The summed E-state index contributed by atoms with van der Waals surface area (Å²) in [6.07, 6.45) is 6.02. The second-order valence-corrected chi connectivity index (χ2v) is 10.2. The van der Waals surface area contributed by atoms with Gasteiger partial charge in [0.1, 0.15) is 23.6 Å². The van der Waals surface area contributed by atoms with Gasteiger partial charge < -0.3 is 15.8 Å². The Kier molecular flexibility index (Phi) is 7.56. The van der Waals surface area contributed by atoms with Gasteiger partial charge in [0, 0.05) is 30.9 Å². The Morgan fingerprint density at radius 3 is 2.78 bits per heavy atom. The van der Waals surface area contributed by atoms with Crippen LogP contribution in [0.25, 0.3) is 17.1 Å². The molecule has 12 nitrogen and oxygen atoms in total. The Balaban J connectivity index is 1.38. The molecule has 4 N–H and O–H groups in total. The van der Waals surface area contributed by atoms with Crippen LogP contribution in [-0.2, 0) is 16.9 Å². The summed E-state index contributed by atoms with van der Waals surface area (Å²) in [7, 11) is 0. The Labute approximate surface area is 236 Å². The highest BCUT2D eigenvalue weighted by atomic mass is 16.5. The van der Waals surface area contributed by atoms with Crippen LogP contribution in [0.5, 0.6) is 5.75 Å². The molecule has 3 aromatic heterocycles. The number of hydrogen-bond acceptors (Lipinski definition) is 7. The molecule has 0 saturated carbocycles. The van der Waals surface area contributed by atoms with Gasteiger partial charge in [0.05, 0.1) is 22.4 Å². The van der Waals surface area contributed by atoms with Crippen LogP contribution < -0.4 is 21.1 Å². The van der Waals surface area contributed by atoms with E-state index in [2.05, 4.69) is 25.7 Å². The Hall–Kier alpha value is -5.00. The van der Waals surface area contributed by atoms with Crippen molar-refractivity contribution in [1.29, 1.82) is 0 Å². The first kappa shape index (κ1) is 27.6. The van der Waals surface area contributed by atoms with Crippen molar-refractivity contribution in [2.75, 3.05) is 18.5 Å². The van der Waals surface area contributed by atoms with E-state index in [1.54, 1.807) is 35.2 Å². The quantitative estimate of drug-likeness (QED) is 0.200. The number of nitrogens with two attached hydrogens (primary N) is 1. The van der Waals surface area contributed by atoms with Gasteiger partial charge in [-0.05, 0) is 70.0 Å². The number of nitrogens with zero attached hydrogens (tertiary/aromatic N) is 5. The molecular formula is C29H32N8O4. The normalized spacial score (nSPS) is 16.1. The van der Waals surface area contributed by atoms with E-state index in [9.17, 15) is 14.4 Å². The van der Waals surface area contributed by atoms with Crippen molar-refractivity contribution in [3.05, 3.63) is 71.3 Å². The molecule has 0 unspecified atom stereocenters. The minimum atomic E-state index is -0.617. The minimum Gasteiger partial charge on any atom is -0.489 e. The van der Waals surface area contributed by atoms with Crippen LogP contribution in [0.3, 0.4) is 0 Å². The summed E-state index contributed by atoms with van der Waals surface area (Å²) in [5.41, 5.74) is 8.17.